The molecule has 2 heteroatoms. The van der Waals surface area contributed by atoms with Crippen LogP contribution in [-0.4, -0.2) is 36.1 Å². The lowest BCUT2D eigenvalue weighted by Crippen LogP contribution is -2.40. The van der Waals surface area contributed by atoms with Crippen LogP contribution in [0, 0.1) is 0 Å². The first kappa shape index (κ1) is 12.0. The first-order chi connectivity index (χ1) is 6.65. The standard InChI is InChI=1S/C12H26N2/c1-5-12-7-6-11(4)14(12)9-8-13-10(2)3/h10-13H,5-9H2,1-4H3. The van der Waals surface area contributed by atoms with Crippen molar-refractivity contribution in [1.29, 1.82) is 0 Å². The Bertz CT molecular complexity index is 156. The van der Waals surface area contributed by atoms with Crippen molar-refractivity contribution in [3.63, 3.8) is 0 Å². The molecule has 0 amide bonds. The average molecular weight is 198 g/mol. The molecule has 0 aromatic rings. The zero-order chi connectivity index (χ0) is 10.6. The van der Waals surface area contributed by atoms with Gasteiger partial charge in [-0.05, 0) is 26.2 Å². The molecule has 2 atom stereocenters. The number of likely N-dealkylation sites (tertiary alicyclic amines) is 1. The van der Waals surface area contributed by atoms with Gasteiger partial charge in [0, 0.05) is 31.2 Å². The summed E-state index contributed by atoms with van der Waals surface area (Å²) in [5.74, 6) is 0. The fourth-order valence-corrected chi connectivity index (χ4v) is 2.45. The predicted octanol–water partition coefficient (Wildman–Crippen LogP) is 2.25. The lowest BCUT2D eigenvalue weighted by molar-refractivity contribution is 0.198. The first-order valence-electron chi connectivity index (χ1n) is 6.14. The normalized spacial score (nSPS) is 28.9. The summed E-state index contributed by atoms with van der Waals surface area (Å²) in [6, 6.07) is 2.26. The van der Waals surface area contributed by atoms with Crippen molar-refractivity contribution < 1.29 is 0 Å². The summed E-state index contributed by atoms with van der Waals surface area (Å²) in [5.41, 5.74) is 0. The highest BCUT2D eigenvalue weighted by atomic mass is 15.2. The highest BCUT2D eigenvalue weighted by Crippen LogP contribution is 2.24. The van der Waals surface area contributed by atoms with Crippen LogP contribution in [0.5, 0.6) is 0 Å². The fraction of sp³-hybridized carbons (Fsp3) is 1.00. The number of hydrogen-bond donors (Lipinski definition) is 1. The third-order valence-electron chi connectivity index (χ3n) is 3.35. The Labute approximate surface area is 89.1 Å². The van der Waals surface area contributed by atoms with Crippen molar-refractivity contribution in [2.45, 2.75) is 65.1 Å². The predicted molar refractivity (Wildman–Crippen MR) is 62.6 cm³/mol. The molecule has 0 bridgehead atoms. The van der Waals surface area contributed by atoms with Crippen LogP contribution < -0.4 is 5.32 Å². The van der Waals surface area contributed by atoms with Gasteiger partial charge in [0.25, 0.3) is 0 Å². The summed E-state index contributed by atoms with van der Waals surface area (Å²) in [6.07, 6.45) is 4.10. The highest BCUT2D eigenvalue weighted by Gasteiger charge is 2.28. The van der Waals surface area contributed by atoms with Gasteiger partial charge in [-0.2, -0.15) is 0 Å². The Balaban J connectivity index is 2.26. The minimum Gasteiger partial charge on any atom is -0.313 e. The average Bonchev–Trinajstić information content (AvgIpc) is 2.47. The molecule has 1 N–H and O–H groups in total. The topological polar surface area (TPSA) is 15.3 Å². The van der Waals surface area contributed by atoms with E-state index >= 15 is 0 Å². The maximum absolute atomic E-state index is 3.50. The van der Waals surface area contributed by atoms with E-state index < -0.39 is 0 Å². The van der Waals surface area contributed by atoms with Crippen molar-refractivity contribution in [2.24, 2.45) is 0 Å². The van der Waals surface area contributed by atoms with E-state index in [1.807, 2.05) is 0 Å². The Morgan fingerprint density at radius 2 is 2.07 bits per heavy atom. The first-order valence-corrected chi connectivity index (χ1v) is 6.14. The molecule has 1 heterocycles. The molecule has 0 spiro atoms. The second kappa shape index (κ2) is 5.72. The summed E-state index contributed by atoms with van der Waals surface area (Å²) in [7, 11) is 0. The number of hydrogen-bond acceptors (Lipinski definition) is 2. The van der Waals surface area contributed by atoms with Crippen LogP contribution in [0.15, 0.2) is 0 Å². The van der Waals surface area contributed by atoms with Crippen LogP contribution in [-0.2, 0) is 0 Å². The molecule has 1 rings (SSSR count). The van der Waals surface area contributed by atoms with Gasteiger partial charge in [0.2, 0.25) is 0 Å². The molecule has 0 radical (unpaired) electrons. The number of rotatable bonds is 5. The Morgan fingerprint density at radius 1 is 1.36 bits per heavy atom. The van der Waals surface area contributed by atoms with Crippen molar-refractivity contribution in [1.82, 2.24) is 10.2 Å². The Kier molecular flexibility index (Phi) is 4.90. The third-order valence-corrected chi connectivity index (χ3v) is 3.35. The molecule has 0 aromatic heterocycles. The van der Waals surface area contributed by atoms with E-state index in [9.17, 15) is 0 Å². The fourth-order valence-electron chi connectivity index (χ4n) is 2.45. The van der Waals surface area contributed by atoms with E-state index in [-0.39, 0.29) is 0 Å². The monoisotopic (exact) mass is 198 g/mol. The van der Waals surface area contributed by atoms with Gasteiger partial charge in [-0.15, -0.1) is 0 Å². The third kappa shape index (κ3) is 3.25. The van der Waals surface area contributed by atoms with Gasteiger partial charge >= 0.3 is 0 Å². The maximum Gasteiger partial charge on any atom is 0.0113 e. The van der Waals surface area contributed by atoms with Crippen molar-refractivity contribution in [3.05, 3.63) is 0 Å². The largest absolute Gasteiger partial charge is 0.313 e. The van der Waals surface area contributed by atoms with Gasteiger partial charge < -0.3 is 5.32 Å². The summed E-state index contributed by atoms with van der Waals surface area (Å²) in [5, 5.41) is 3.50. The van der Waals surface area contributed by atoms with Gasteiger partial charge in [-0.1, -0.05) is 20.8 Å². The van der Waals surface area contributed by atoms with Gasteiger partial charge in [0.15, 0.2) is 0 Å². The van der Waals surface area contributed by atoms with E-state index in [0.717, 1.165) is 18.6 Å². The van der Waals surface area contributed by atoms with Crippen molar-refractivity contribution in [3.8, 4) is 0 Å². The van der Waals surface area contributed by atoms with E-state index in [0.29, 0.717) is 6.04 Å². The van der Waals surface area contributed by atoms with Crippen LogP contribution in [0.3, 0.4) is 0 Å². The molecule has 0 aliphatic carbocycles. The van der Waals surface area contributed by atoms with Gasteiger partial charge in [0.05, 0.1) is 0 Å². The Morgan fingerprint density at radius 3 is 2.64 bits per heavy atom. The molecule has 1 aliphatic rings. The zero-order valence-corrected chi connectivity index (χ0v) is 10.2. The molecule has 2 unspecified atom stereocenters. The second-order valence-electron chi connectivity index (χ2n) is 4.84. The van der Waals surface area contributed by atoms with E-state index in [2.05, 4.69) is 37.9 Å². The summed E-state index contributed by atoms with van der Waals surface area (Å²) >= 11 is 0. The van der Waals surface area contributed by atoms with E-state index in [1.165, 1.54) is 25.8 Å². The maximum atomic E-state index is 3.50. The lowest BCUT2D eigenvalue weighted by Gasteiger charge is -2.28. The van der Waals surface area contributed by atoms with Crippen LogP contribution in [0.2, 0.25) is 0 Å². The minimum atomic E-state index is 0.619. The van der Waals surface area contributed by atoms with Gasteiger partial charge in [-0.3, -0.25) is 4.90 Å². The molecule has 1 saturated heterocycles. The molecule has 2 nitrogen and oxygen atoms in total. The summed E-state index contributed by atoms with van der Waals surface area (Å²) in [6.45, 7) is 11.5. The SMILES string of the molecule is CCC1CCC(C)N1CCNC(C)C. The smallest absolute Gasteiger partial charge is 0.0113 e. The van der Waals surface area contributed by atoms with E-state index in [1.54, 1.807) is 0 Å². The van der Waals surface area contributed by atoms with Crippen molar-refractivity contribution >= 4 is 0 Å². The second-order valence-corrected chi connectivity index (χ2v) is 4.84. The molecule has 1 fully saturated rings. The molecule has 0 aromatic carbocycles. The van der Waals surface area contributed by atoms with Crippen LogP contribution in [0.25, 0.3) is 0 Å². The van der Waals surface area contributed by atoms with E-state index in [4.69, 9.17) is 0 Å². The van der Waals surface area contributed by atoms with Gasteiger partial charge in [0.1, 0.15) is 0 Å². The minimum absolute atomic E-state index is 0.619. The quantitative estimate of drug-likeness (QED) is 0.729. The van der Waals surface area contributed by atoms with Crippen molar-refractivity contribution in [2.75, 3.05) is 13.1 Å². The molecule has 1 aliphatic heterocycles. The van der Waals surface area contributed by atoms with Gasteiger partial charge in [-0.25, -0.2) is 0 Å². The molecular weight excluding hydrogens is 172 g/mol. The molecular formula is C12H26N2. The highest BCUT2D eigenvalue weighted by molar-refractivity contribution is 4.84. The van der Waals surface area contributed by atoms with Crippen LogP contribution in [0.4, 0.5) is 0 Å². The molecule has 84 valence electrons. The number of nitrogens with one attached hydrogen (secondary N) is 1. The van der Waals surface area contributed by atoms with Crippen LogP contribution >= 0.6 is 0 Å². The molecule has 0 saturated carbocycles. The summed E-state index contributed by atoms with van der Waals surface area (Å²) < 4.78 is 0. The number of nitrogens with zero attached hydrogens (tertiary/aromatic N) is 1. The molecule has 14 heavy (non-hydrogen) atoms. The van der Waals surface area contributed by atoms with Crippen LogP contribution in [0.1, 0.15) is 47.0 Å². The lowest BCUT2D eigenvalue weighted by atomic mass is 10.1. The summed E-state index contributed by atoms with van der Waals surface area (Å²) in [4.78, 5) is 2.68. The Hall–Kier alpha value is -0.0800. The zero-order valence-electron chi connectivity index (χ0n) is 10.2.